The molecule has 0 aliphatic heterocycles. The number of hydrogen-bond donors (Lipinski definition) is 0. The van der Waals surface area contributed by atoms with Crippen LogP contribution in [0.2, 0.25) is 6.55 Å². The summed E-state index contributed by atoms with van der Waals surface area (Å²) < 4.78 is 2.72. The Bertz CT molecular complexity index is 564. The zero-order chi connectivity index (χ0) is 14.5. The molecule has 1 unspecified atom stereocenters. The van der Waals surface area contributed by atoms with Crippen molar-refractivity contribution >= 4 is 12.7 Å². The minimum absolute atomic E-state index is 0. The van der Waals surface area contributed by atoms with Crippen molar-refractivity contribution in [3.8, 4) is 0 Å². The summed E-state index contributed by atoms with van der Waals surface area (Å²) in [5, 5.41) is 0. The molecular weight excluding hydrogens is 406 g/mol. The van der Waals surface area contributed by atoms with Gasteiger partial charge in [-0.3, -0.25) is 0 Å². The number of halogens is 2. The van der Waals surface area contributed by atoms with Crippen molar-refractivity contribution in [2.75, 3.05) is 0 Å². The fourth-order valence-corrected chi connectivity index (χ4v) is 21.0. The van der Waals surface area contributed by atoms with E-state index >= 15 is 0 Å². The first-order valence-electron chi connectivity index (χ1n) is 7.80. The van der Waals surface area contributed by atoms with E-state index in [0.717, 1.165) is 3.63 Å². The zero-order valence-corrected chi connectivity index (χ0v) is 19.3. The van der Waals surface area contributed by atoms with Crippen LogP contribution >= 0.6 is 0 Å². The number of fused-ring (bicyclic) bond motifs is 1. The van der Waals surface area contributed by atoms with Gasteiger partial charge in [-0.1, -0.05) is 13.8 Å². The molecule has 0 aromatic heterocycles. The van der Waals surface area contributed by atoms with Crippen LogP contribution in [0.5, 0.6) is 0 Å². The van der Waals surface area contributed by atoms with E-state index in [1.54, 1.807) is 11.1 Å². The van der Waals surface area contributed by atoms with Gasteiger partial charge in [0.2, 0.25) is 0 Å². The van der Waals surface area contributed by atoms with Crippen LogP contribution in [0.15, 0.2) is 51.3 Å². The smallest absolute Gasteiger partial charge is 1.00 e. The molecule has 0 fully saturated rings. The summed E-state index contributed by atoms with van der Waals surface area (Å²) >= 11 is -1.39. The van der Waals surface area contributed by atoms with Gasteiger partial charge >= 0.3 is 120 Å². The molecule has 22 heavy (non-hydrogen) atoms. The van der Waals surface area contributed by atoms with Gasteiger partial charge in [-0.05, 0) is 0 Å². The van der Waals surface area contributed by atoms with E-state index in [0.29, 0.717) is 0 Å². The van der Waals surface area contributed by atoms with Crippen molar-refractivity contribution in [2.45, 2.75) is 37.4 Å². The van der Waals surface area contributed by atoms with Crippen LogP contribution < -0.4 is 24.8 Å². The Morgan fingerprint density at radius 3 is 2.41 bits per heavy atom. The number of allylic oxidation sites excluding steroid dienone is 5. The Balaban J connectivity index is 0.00000106. The molecule has 0 radical (unpaired) electrons. The molecule has 0 saturated carbocycles. The van der Waals surface area contributed by atoms with Gasteiger partial charge in [0.15, 0.2) is 0 Å². The van der Waals surface area contributed by atoms with E-state index in [1.807, 2.05) is 17.1 Å². The molecule has 0 amide bonds. The van der Waals surface area contributed by atoms with E-state index in [-0.39, 0.29) is 31.5 Å². The number of hydrogen-bond acceptors (Lipinski definition) is 0. The summed E-state index contributed by atoms with van der Waals surface area (Å²) in [6.07, 6.45) is 10.8. The third-order valence-electron chi connectivity index (χ3n) is 4.06. The Hall–Kier alpha value is 0.120. The van der Waals surface area contributed by atoms with Crippen molar-refractivity contribution in [2.24, 2.45) is 0 Å². The second kappa shape index (κ2) is 10.8. The second-order valence-corrected chi connectivity index (χ2v) is 21.2. The Morgan fingerprint density at radius 1 is 1.14 bits per heavy atom. The van der Waals surface area contributed by atoms with Crippen molar-refractivity contribution in [3.05, 3.63) is 62.5 Å². The number of benzene rings is 1. The van der Waals surface area contributed by atoms with Crippen molar-refractivity contribution in [3.63, 3.8) is 0 Å². The first kappa shape index (κ1) is 22.1. The van der Waals surface area contributed by atoms with Crippen LogP contribution in [0.3, 0.4) is 0 Å². The Morgan fingerprint density at radius 2 is 1.82 bits per heavy atom. The normalized spacial score (nSPS) is 17.7. The molecule has 3 rings (SSSR count). The van der Waals surface area contributed by atoms with Crippen molar-refractivity contribution < 1.29 is 45.7 Å². The molecular formula is C18H25Cl2SiZr. The average Bonchev–Trinajstić information content (AvgIpc) is 3.11. The molecule has 2 aliphatic rings. The SMILES string of the molecule is CC.C[SiH2][Zr+2]([C]1=CC=CC1)[CH]1C(C)=Cc2ccccc21.[Cl-].[Cl-]. The third kappa shape index (κ3) is 4.57. The summed E-state index contributed by atoms with van der Waals surface area (Å²) in [6.45, 7) is 9.05. The van der Waals surface area contributed by atoms with Crippen molar-refractivity contribution in [1.29, 1.82) is 0 Å². The van der Waals surface area contributed by atoms with Crippen LogP contribution in [-0.2, 0) is 20.9 Å². The molecule has 0 heterocycles. The summed E-state index contributed by atoms with van der Waals surface area (Å²) in [5.74, 6) is 0. The van der Waals surface area contributed by atoms with Crippen LogP contribution in [0.4, 0.5) is 0 Å². The fraction of sp³-hybridized carbons (Fsp3) is 0.333. The van der Waals surface area contributed by atoms with E-state index < -0.39 is 20.9 Å². The fourth-order valence-electron chi connectivity index (χ4n) is 3.24. The molecule has 2 aliphatic carbocycles. The largest absolute Gasteiger partial charge is 1.00 e. The zero-order valence-electron chi connectivity index (χ0n) is 13.9. The van der Waals surface area contributed by atoms with Gasteiger partial charge in [-0.15, -0.1) is 0 Å². The summed E-state index contributed by atoms with van der Waals surface area (Å²) in [7, 11) is 0. The third-order valence-corrected chi connectivity index (χ3v) is 22.1. The minimum Gasteiger partial charge on any atom is -1.00 e. The number of rotatable bonds is 3. The minimum atomic E-state index is -1.39. The van der Waals surface area contributed by atoms with Crippen LogP contribution in [0.25, 0.3) is 6.08 Å². The summed E-state index contributed by atoms with van der Waals surface area (Å²) in [6, 6.07) is 9.06. The molecule has 0 saturated heterocycles. The van der Waals surface area contributed by atoms with Crippen LogP contribution in [-0.4, -0.2) is 6.65 Å². The first-order valence-corrected chi connectivity index (χ1v) is 17.8. The Kier molecular flexibility index (Phi) is 10.9. The van der Waals surface area contributed by atoms with Gasteiger partial charge in [-0.2, -0.15) is 0 Å². The standard InChI is InChI=1S/C10H9.C5H5.C2H6.CH5Si.2ClH.Zr/c1-8-6-9-4-2-3-5-10(9)7-8;1-2-4-5-3-1;2*1-2;;;/h2-7H,1H3;1-3H,4H2;1-2H3;2H2,1H3;2*1H;/q;;;;;;+2/p-2. The van der Waals surface area contributed by atoms with E-state index in [1.165, 1.54) is 12.0 Å². The second-order valence-electron chi connectivity index (χ2n) is 5.15. The molecule has 0 bridgehead atoms. The molecule has 1 atom stereocenters. The predicted molar refractivity (Wildman–Crippen MR) is 90.4 cm³/mol. The molecule has 4 heteroatoms. The molecule has 0 spiro atoms. The topological polar surface area (TPSA) is 0 Å². The van der Waals surface area contributed by atoms with E-state index in [4.69, 9.17) is 0 Å². The van der Waals surface area contributed by atoms with Crippen molar-refractivity contribution in [1.82, 2.24) is 0 Å². The molecule has 1 aromatic rings. The molecule has 1 aromatic carbocycles. The Labute approximate surface area is 157 Å². The van der Waals surface area contributed by atoms with Gasteiger partial charge in [0.25, 0.3) is 0 Å². The van der Waals surface area contributed by atoms with Crippen LogP contribution in [0.1, 0.15) is 41.9 Å². The van der Waals surface area contributed by atoms with Crippen LogP contribution in [0, 0.1) is 0 Å². The maximum Gasteiger partial charge on any atom is -1.00 e. The van der Waals surface area contributed by atoms with Gasteiger partial charge in [0, 0.05) is 0 Å². The quantitative estimate of drug-likeness (QED) is 0.526. The first-order chi connectivity index (χ1) is 9.81. The van der Waals surface area contributed by atoms with Gasteiger partial charge in [0.1, 0.15) is 0 Å². The van der Waals surface area contributed by atoms with E-state index in [9.17, 15) is 0 Å². The van der Waals surface area contributed by atoms with Gasteiger partial charge in [-0.25, -0.2) is 0 Å². The molecule has 119 valence electrons. The van der Waals surface area contributed by atoms with Gasteiger partial charge in [0.05, 0.1) is 0 Å². The predicted octanol–water partition coefficient (Wildman–Crippen LogP) is -1.23. The van der Waals surface area contributed by atoms with E-state index in [2.05, 4.69) is 62.0 Å². The monoisotopic (exact) mass is 429 g/mol. The maximum absolute atomic E-state index is 2.54. The summed E-state index contributed by atoms with van der Waals surface area (Å²) in [5.41, 5.74) is 4.78. The summed E-state index contributed by atoms with van der Waals surface area (Å²) in [4.78, 5) is 0. The van der Waals surface area contributed by atoms with Gasteiger partial charge < -0.3 is 24.8 Å². The molecule has 0 N–H and O–H groups in total. The molecule has 0 nitrogen and oxygen atoms in total. The average molecular weight is 432 g/mol. The maximum atomic E-state index is 2.54.